The normalized spacial score (nSPS) is 15.1. The number of rotatable bonds is 6. The highest BCUT2D eigenvalue weighted by atomic mass is 32.2. The van der Waals surface area contributed by atoms with Crippen molar-refractivity contribution in [3.8, 4) is 6.01 Å². The number of aryl methyl sites for hydroxylation is 1. The molecule has 0 amide bonds. The molecule has 8 nitrogen and oxygen atoms in total. The van der Waals surface area contributed by atoms with E-state index in [4.69, 9.17) is 4.74 Å². The van der Waals surface area contributed by atoms with Crippen LogP contribution in [0.15, 0.2) is 29.2 Å². The molecule has 1 fully saturated rings. The SMILES string of the molecule is COc1nc(CNS(=O)(=O)c2ccc(C)cc2)nc(N2CCCCC2)n1. The number of nitrogens with one attached hydrogen (secondary N) is 1. The Hall–Kier alpha value is -2.26. The molecule has 1 N–H and O–H groups in total. The van der Waals surface area contributed by atoms with Crippen LogP contribution in [0.5, 0.6) is 6.01 Å². The summed E-state index contributed by atoms with van der Waals surface area (Å²) < 4.78 is 32.6. The van der Waals surface area contributed by atoms with Gasteiger partial charge in [-0.05, 0) is 38.3 Å². The highest BCUT2D eigenvalue weighted by Gasteiger charge is 2.18. The van der Waals surface area contributed by atoms with E-state index in [9.17, 15) is 8.42 Å². The Morgan fingerprint density at radius 1 is 1.08 bits per heavy atom. The Kier molecular flexibility index (Phi) is 5.67. The average Bonchev–Trinajstić information content (AvgIpc) is 2.67. The Labute approximate surface area is 153 Å². The minimum atomic E-state index is -3.64. The first-order valence-electron chi connectivity index (χ1n) is 8.58. The van der Waals surface area contributed by atoms with Crippen molar-refractivity contribution in [2.24, 2.45) is 0 Å². The minimum Gasteiger partial charge on any atom is -0.467 e. The Morgan fingerprint density at radius 3 is 2.42 bits per heavy atom. The van der Waals surface area contributed by atoms with E-state index < -0.39 is 10.0 Å². The van der Waals surface area contributed by atoms with Gasteiger partial charge in [-0.15, -0.1) is 0 Å². The number of aromatic nitrogens is 3. The van der Waals surface area contributed by atoms with Gasteiger partial charge < -0.3 is 9.64 Å². The highest BCUT2D eigenvalue weighted by molar-refractivity contribution is 7.89. The standard InChI is InChI=1S/C17H23N5O3S/c1-13-6-8-14(9-7-13)26(23,24)18-12-15-19-16(21-17(20-15)25-2)22-10-4-3-5-11-22/h6-9,18H,3-5,10-12H2,1-2H3. The molecule has 140 valence electrons. The Morgan fingerprint density at radius 2 is 1.77 bits per heavy atom. The number of benzene rings is 1. The predicted octanol–water partition coefficient (Wildman–Crippen LogP) is 1.66. The van der Waals surface area contributed by atoms with Gasteiger partial charge in [0.1, 0.15) is 0 Å². The predicted molar refractivity (Wildman–Crippen MR) is 97.6 cm³/mol. The van der Waals surface area contributed by atoms with E-state index in [1.54, 1.807) is 24.3 Å². The maximum Gasteiger partial charge on any atom is 0.321 e. The fraction of sp³-hybridized carbons (Fsp3) is 0.471. The van der Waals surface area contributed by atoms with Crippen LogP contribution in [0.25, 0.3) is 0 Å². The van der Waals surface area contributed by atoms with Crippen LogP contribution in [-0.4, -0.2) is 43.6 Å². The summed E-state index contributed by atoms with van der Waals surface area (Å²) in [7, 11) is -2.16. The summed E-state index contributed by atoms with van der Waals surface area (Å²) in [6.45, 7) is 3.63. The molecule has 2 aromatic rings. The van der Waals surface area contributed by atoms with E-state index in [2.05, 4.69) is 24.6 Å². The molecule has 0 bridgehead atoms. The second kappa shape index (κ2) is 7.96. The molecule has 1 saturated heterocycles. The fourth-order valence-electron chi connectivity index (χ4n) is 2.75. The topological polar surface area (TPSA) is 97.3 Å². The quantitative estimate of drug-likeness (QED) is 0.817. The zero-order valence-corrected chi connectivity index (χ0v) is 15.8. The number of hydrogen-bond acceptors (Lipinski definition) is 7. The van der Waals surface area contributed by atoms with Gasteiger partial charge in [0.15, 0.2) is 5.82 Å². The van der Waals surface area contributed by atoms with Gasteiger partial charge in [0, 0.05) is 13.1 Å². The highest BCUT2D eigenvalue weighted by Crippen LogP contribution is 2.18. The van der Waals surface area contributed by atoms with Crippen molar-refractivity contribution in [1.82, 2.24) is 19.7 Å². The minimum absolute atomic E-state index is 0.0318. The van der Waals surface area contributed by atoms with Crippen molar-refractivity contribution >= 4 is 16.0 Å². The van der Waals surface area contributed by atoms with Gasteiger partial charge in [-0.2, -0.15) is 15.0 Å². The Bertz CT molecular complexity index is 849. The van der Waals surface area contributed by atoms with Crippen LogP contribution in [0.3, 0.4) is 0 Å². The summed E-state index contributed by atoms with van der Waals surface area (Å²) in [4.78, 5) is 15.1. The molecule has 1 aromatic carbocycles. The number of sulfonamides is 1. The molecular weight excluding hydrogens is 354 g/mol. The molecule has 2 heterocycles. The molecule has 0 atom stereocenters. The van der Waals surface area contributed by atoms with Gasteiger partial charge in [0.05, 0.1) is 18.6 Å². The van der Waals surface area contributed by atoms with Crippen LogP contribution in [-0.2, 0) is 16.6 Å². The lowest BCUT2D eigenvalue weighted by molar-refractivity contribution is 0.374. The van der Waals surface area contributed by atoms with Crippen LogP contribution in [0.4, 0.5) is 5.95 Å². The number of methoxy groups -OCH3 is 1. The monoisotopic (exact) mass is 377 g/mol. The summed E-state index contributed by atoms with van der Waals surface area (Å²) >= 11 is 0. The molecular formula is C17H23N5O3S. The molecule has 26 heavy (non-hydrogen) atoms. The van der Waals surface area contributed by atoms with Crippen molar-refractivity contribution in [3.05, 3.63) is 35.7 Å². The van der Waals surface area contributed by atoms with E-state index in [0.717, 1.165) is 31.5 Å². The zero-order valence-electron chi connectivity index (χ0n) is 15.0. The maximum absolute atomic E-state index is 12.4. The van der Waals surface area contributed by atoms with Gasteiger partial charge in [-0.3, -0.25) is 0 Å². The zero-order chi connectivity index (χ0) is 18.6. The van der Waals surface area contributed by atoms with E-state index in [1.165, 1.54) is 13.5 Å². The lowest BCUT2D eigenvalue weighted by Crippen LogP contribution is -2.32. The largest absolute Gasteiger partial charge is 0.467 e. The van der Waals surface area contributed by atoms with Gasteiger partial charge in [-0.1, -0.05) is 17.7 Å². The summed E-state index contributed by atoms with van der Waals surface area (Å²) in [5.41, 5.74) is 0.998. The van der Waals surface area contributed by atoms with Crippen LogP contribution in [0.2, 0.25) is 0 Å². The molecule has 1 aliphatic rings. The van der Waals surface area contributed by atoms with E-state index in [-0.39, 0.29) is 17.5 Å². The smallest absolute Gasteiger partial charge is 0.321 e. The molecule has 1 aliphatic heterocycles. The van der Waals surface area contributed by atoms with E-state index in [1.807, 2.05) is 6.92 Å². The molecule has 0 unspecified atom stereocenters. The second-order valence-electron chi connectivity index (χ2n) is 6.22. The molecule has 0 spiro atoms. The molecule has 9 heteroatoms. The number of anilines is 1. The van der Waals surface area contributed by atoms with Crippen molar-refractivity contribution in [1.29, 1.82) is 0 Å². The molecule has 0 aliphatic carbocycles. The first-order valence-corrected chi connectivity index (χ1v) is 10.1. The van der Waals surface area contributed by atoms with Crippen LogP contribution < -0.4 is 14.4 Å². The maximum atomic E-state index is 12.4. The van der Waals surface area contributed by atoms with Gasteiger partial charge >= 0.3 is 6.01 Å². The first kappa shape index (κ1) is 18.5. The fourth-order valence-corrected chi connectivity index (χ4v) is 3.73. The summed E-state index contributed by atoms with van der Waals surface area (Å²) in [6.07, 6.45) is 3.37. The molecule has 3 rings (SSSR count). The van der Waals surface area contributed by atoms with Crippen molar-refractivity contribution in [2.75, 3.05) is 25.1 Å². The second-order valence-corrected chi connectivity index (χ2v) is 7.99. The third kappa shape index (κ3) is 4.47. The molecule has 0 radical (unpaired) electrons. The number of ether oxygens (including phenoxy) is 1. The van der Waals surface area contributed by atoms with E-state index in [0.29, 0.717) is 11.8 Å². The van der Waals surface area contributed by atoms with Crippen LogP contribution in [0.1, 0.15) is 30.7 Å². The third-order valence-electron chi connectivity index (χ3n) is 4.22. The summed E-state index contributed by atoms with van der Waals surface area (Å²) in [5, 5.41) is 0. The van der Waals surface area contributed by atoms with Gasteiger partial charge in [-0.25, -0.2) is 13.1 Å². The first-order chi connectivity index (χ1) is 12.5. The van der Waals surface area contributed by atoms with Crippen molar-refractivity contribution < 1.29 is 13.2 Å². The molecule has 1 aromatic heterocycles. The van der Waals surface area contributed by atoms with Crippen molar-refractivity contribution in [2.45, 2.75) is 37.6 Å². The van der Waals surface area contributed by atoms with E-state index >= 15 is 0 Å². The number of hydrogen-bond donors (Lipinski definition) is 1. The number of piperidine rings is 1. The lowest BCUT2D eigenvalue weighted by atomic mass is 10.1. The van der Waals surface area contributed by atoms with Gasteiger partial charge in [0.25, 0.3) is 0 Å². The third-order valence-corrected chi connectivity index (χ3v) is 5.64. The molecule has 0 saturated carbocycles. The van der Waals surface area contributed by atoms with Crippen LogP contribution in [0, 0.1) is 6.92 Å². The Balaban J connectivity index is 1.77. The average molecular weight is 377 g/mol. The van der Waals surface area contributed by atoms with Crippen molar-refractivity contribution in [3.63, 3.8) is 0 Å². The lowest BCUT2D eigenvalue weighted by Gasteiger charge is -2.26. The van der Waals surface area contributed by atoms with Gasteiger partial charge in [0.2, 0.25) is 16.0 Å². The summed E-state index contributed by atoms with van der Waals surface area (Å²) in [6, 6.07) is 6.85. The number of nitrogens with zero attached hydrogens (tertiary/aromatic N) is 4. The van der Waals surface area contributed by atoms with Crippen LogP contribution >= 0.6 is 0 Å². The summed E-state index contributed by atoms with van der Waals surface area (Å²) in [5.74, 6) is 0.856.